The summed E-state index contributed by atoms with van der Waals surface area (Å²) in [5, 5.41) is 12.8. The van der Waals surface area contributed by atoms with Crippen LogP contribution in [0.15, 0.2) is 24.3 Å². The van der Waals surface area contributed by atoms with Crippen molar-refractivity contribution in [2.24, 2.45) is 5.73 Å². The summed E-state index contributed by atoms with van der Waals surface area (Å²) in [6.45, 7) is 6.00. The standard InChI is InChI=1S/C13H21N3O/c1-13(14,16-7-5-15-6-8-16)10-11-3-2-4-12(17)9-11/h2-4,9,15,17H,5-8,10,14H2,1H3. The monoisotopic (exact) mass is 235 g/mol. The first-order chi connectivity index (χ1) is 8.08. The maximum absolute atomic E-state index is 9.46. The van der Waals surface area contributed by atoms with Gasteiger partial charge in [0.1, 0.15) is 5.75 Å². The van der Waals surface area contributed by atoms with Gasteiger partial charge in [-0.3, -0.25) is 4.90 Å². The zero-order valence-electron chi connectivity index (χ0n) is 10.3. The molecule has 2 rings (SSSR count). The summed E-state index contributed by atoms with van der Waals surface area (Å²) in [4.78, 5) is 2.30. The van der Waals surface area contributed by atoms with Gasteiger partial charge in [0.15, 0.2) is 0 Å². The van der Waals surface area contributed by atoms with E-state index in [-0.39, 0.29) is 5.66 Å². The molecule has 1 saturated heterocycles. The molecule has 1 aromatic rings. The van der Waals surface area contributed by atoms with Crippen LogP contribution in [0.4, 0.5) is 0 Å². The molecule has 4 nitrogen and oxygen atoms in total. The van der Waals surface area contributed by atoms with Gasteiger partial charge in [-0.25, -0.2) is 0 Å². The SMILES string of the molecule is CC(N)(Cc1cccc(O)c1)N1CCNCC1. The van der Waals surface area contributed by atoms with Crippen molar-refractivity contribution in [3.8, 4) is 5.75 Å². The molecule has 4 heteroatoms. The Hall–Kier alpha value is -1.10. The molecule has 1 heterocycles. The molecule has 17 heavy (non-hydrogen) atoms. The van der Waals surface area contributed by atoms with Gasteiger partial charge in [-0.1, -0.05) is 12.1 Å². The molecule has 1 aliphatic rings. The second-order valence-electron chi connectivity index (χ2n) is 4.94. The lowest BCUT2D eigenvalue weighted by Crippen LogP contribution is -2.60. The van der Waals surface area contributed by atoms with Crippen LogP contribution in [-0.4, -0.2) is 41.8 Å². The van der Waals surface area contributed by atoms with Gasteiger partial charge in [0.25, 0.3) is 0 Å². The van der Waals surface area contributed by atoms with Crippen LogP contribution in [0.3, 0.4) is 0 Å². The molecule has 1 atom stereocenters. The highest BCUT2D eigenvalue weighted by Gasteiger charge is 2.28. The number of nitrogens with two attached hydrogens (primary N) is 1. The minimum absolute atomic E-state index is 0.304. The Balaban J connectivity index is 2.05. The fourth-order valence-corrected chi connectivity index (χ4v) is 2.37. The number of benzene rings is 1. The number of phenolic OH excluding ortho intramolecular Hbond substituents is 1. The summed E-state index contributed by atoms with van der Waals surface area (Å²) >= 11 is 0. The second kappa shape index (κ2) is 5.04. The molecule has 1 aliphatic heterocycles. The van der Waals surface area contributed by atoms with Crippen molar-refractivity contribution in [2.45, 2.75) is 19.0 Å². The number of hydrogen-bond acceptors (Lipinski definition) is 4. The molecule has 0 spiro atoms. The maximum Gasteiger partial charge on any atom is 0.115 e. The highest BCUT2D eigenvalue weighted by atomic mass is 16.3. The number of aromatic hydroxyl groups is 1. The normalized spacial score (nSPS) is 21.1. The summed E-state index contributed by atoms with van der Waals surface area (Å²) < 4.78 is 0. The van der Waals surface area contributed by atoms with Gasteiger partial charge < -0.3 is 16.2 Å². The van der Waals surface area contributed by atoms with Crippen LogP contribution < -0.4 is 11.1 Å². The smallest absolute Gasteiger partial charge is 0.115 e. The van der Waals surface area contributed by atoms with E-state index in [9.17, 15) is 5.11 Å². The van der Waals surface area contributed by atoms with E-state index >= 15 is 0 Å². The fraction of sp³-hybridized carbons (Fsp3) is 0.538. The summed E-state index contributed by atoms with van der Waals surface area (Å²) in [5.74, 6) is 0.304. The first-order valence-electron chi connectivity index (χ1n) is 6.10. The molecule has 0 saturated carbocycles. The van der Waals surface area contributed by atoms with Crippen LogP contribution in [-0.2, 0) is 6.42 Å². The number of phenols is 1. The number of piperazine rings is 1. The first-order valence-corrected chi connectivity index (χ1v) is 6.10. The van der Waals surface area contributed by atoms with E-state index in [0.29, 0.717) is 5.75 Å². The van der Waals surface area contributed by atoms with Gasteiger partial charge in [0.2, 0.25) is 0 Å². The Morgan fingerprint density at radius 3 is 2.76 bits per heavy atom. The Morgan fingerprint density at radius 2 is 2.12 bits per heavy atom. The van der Waals surface area contributed by atoms with Crippen molar-refractivity contribution in [3.05, 3.63) is 29.8 Å². The van der Waals surface area contributed by atoms with Crippen LogP contribution in [0.5, 0.6) is 5.75 Å². The van der Waals surface area contributed by atoms with Crippen molar-refractivity contribution in [2.75, 3.05) is 26.2 Å². The molecule has 4 N–H and O–H groups in total. The van der Waals surface area contributed by atoms with Crippen molar-refractivity contribution in [1.29, 1.82) is 0 Å². The van der Waals surface area contributed by atoms with E-state index < -0.39 is 0 Å². The Labute approximate surface area is 102 Å². The molecule has 1 aromatic carbocycles. The van der Waals surface area contributed by atoms with E-state index in [4.69, 9.17) is 5.73 Å². The summed E-state index contributed by atoms with van der Waals surface area (Å²) in [7, 11) is 0. The lowest BCUT2D eigenvalue weighted by atomic mass is 9.99. The summed E-state index contributed by atoms with van der Waals surface area (Å²) in [5.41, 5.74) is 7.12. The van der Waals surface area contributed by atoms with Gasteiger partial charge in [0, 0.05) is 32.6 Å². The van der Waals surface area contributed by atoms with Gasteiger partial charge in [-0.05, 0) is 24.6 Å². The van der Waals surface area contributed by atoms with Gasteiger partial charge in [-0.15, -0.1) is 0 Å². The molecule has 0 amide bonds. The van der Waals surface area contributed by atoms with Crippen LogP contribution >= 0.6 is 0 Å². The third-order valence-electron chi connectivity index (χ3n) is 3.31. The number of hydrogen-bond donors (Lipinski definition) is 3. The highest BCUT2D eigenvalue weighted by Crippen LogP contribution is 2.19. The van der Waals surface area contributed by atoms with Crippen LogP contribution in [0.2, 0.25) is 0 Å². The number of nitrogens with zero attached hydrogens (tertiary/aromatic N) is 1. The highest BCUT2D eigenvalue weighted by molar-refractivity contribution is 5.28. The summed E-state index contributed by atoms with van der Waals surface area (Å²) in [6.07, 6.45) is 0.751. The molecule has 1 fully saturated rings. The first kappa shape index (κ1) is 12.4. The minimum Gasteiger partial charge on any atom is -0.508 e. The average molecular weight is 235 g/mol. The molecular formula is C13H21N3O. The lowest BCUT2D eigenvalue weighted by molar-refractivity contribution is 0.0932. The van der Waals surface area contributed by atoms with Crippen LogP contribution in [0, 0.1) is 0 Å². The molecule has 0 aromatic heterocycles. The van der Waals surface area contributed by atoms with E-state index in [0.717, 1.165) is 38.2 Å². The molecule has 94 valence electrons. The minimum atomic E-state index is -0.351. The lowest BCUT2D eigenvalue weighted by Gasteiger charge is -2.41. The van der Waals surface area contributed by atoms with Crippen molar-refractivity contribution < 1.29 is 5.11 Å². The van der Waals surface area contributed by atoms with Crippen LogP contribution in [0.1, 0.15) is 12.5 Å². The maximum atomic E-state index is 9.46. The van der Waals surface area contributed by atoms with Crippen molar-refractivity contribution in [1.82, 2.24) is 10.2 Å². The molecular weight excluding hydrogens is 214 g/mol. The third-order valence-corrected chi connectivity index (χ3v) is 3.31. The van der Waals surface area contributed by atoms with E-state index in [2.05, 4.69) is 17.1 Å². The van der Waals surface area contributed by atoms with E-state index in [1.807, 2.05) is 12.1 Å². The quantitative estimate of drug-likeness (QED) is 0.714. The average Bonchev–Trinajstić information content (AvgIpc) is 2.29. The van der Waals surface area contributed by atoms with Crippen LogP contribution in [0.25, 0.3) is 0 Å². The fourth-order valence-electron chi connectivity index (χ4n) is 2.37. The topological polar surface area (TPSA) is 61.5 Å². The zero-order valence-corrected chi connectivity index (χ0v) is 10.3. The predicted octanol–water partition coefficient (Wildman–Crippen LogP) is 0.515. The largest absolute Gasteiger partial charge is 0.508 e. The van der Waals surface area contributed by atoms with E-state index in [1.165, 1.54) is 0 Å². The predicted molar refractivity (Wildman–Crippen MR) is 68.8 cm³/mol. The van der Waals surface area contributed by atoms with Crippen molar-refractivity contribution >= 4 is 0 Å². The summed E-state index contributed by atoms with van der Waals surface area (Å²) in [6, 6.07) is 7.33. The van der Waals surface area contributed by atoms with Gasteiger partial charge in [0.05, 0.1) is 5.66 Å². The Bertz CT molecular complexity index is 373. The Kier molecular flexibility index (Phi) is 3.66. The number of rotatable bonds is 3. The van der Waals surface area contributed by atoms with E-state index in [1.54, 1.807) is 12.1 Å². The Morgan fingerprint density at radius 1 is 1.41 bits per heavy atom. The zero-order chi connectivity index (χ0) is 12.3. The number of nitrogens with one attached hydrogen (secondary N) is 1. The second-order valence-corrected chi connectivity index (χ2v) is 4.94. The van der Waals surface area contributed by atoms with Gasteiger partial charge in [-0.2, -0.15) is 0 Å². The molecule has 0 radical (unpaired) electrons. The molecule has 1 unspecified atom stereocenters. The molecule has 0 bridgehead atoms. The van der Waals surface area contributed by atoms with Crippen molar-refractivity contribution in [3.63, 3.8) is 0 Å². The van der Waals surface area contributed by atoms with Gasteiger partial charge >= 0.3 is 0 Å². The third kappa shape index (κ3) is 3.19. The molecule has 0 aliphatic carbocycles.